The zero-order valence-electron chi connectivity index (χ0n) is 10.9. The number of carboxylic acid groups (broad SMARTS) is 1. The molecule has 0 aromatic heterocycles. The van der Waals surface area contributed by atoms with E-state index < -0.39 is 40.7 Å². The van der Waals surface area contributed by atoms with Crippen molar-refractivity contribution in [3.63, 3.8) is 0 Å². The van der Waals surface area contributed by atoms with Gasteiger partial charge in [0.05, 0.1) is 10.9 Å². The van der Waals surface area contributed by atoms with Gasteiger partial charge >= 0.3 is 5.97 Å². The summed E-state index contributed by atoms with van der Waals surface area (Å²) in [5.41, 5.74) is -0.614. The fourth-order valence-corrected chi connectivity index (χ4v) is 3.44. The van der Waals surface area contributed by atoms with Crippen LogP contribution in [0.4, 0.5) is 0 Å². The second-order valence-corrected chi connectivity index (χ2v) is 6.04. The summed E-state index contributed by atoms with van der Waals surface area (Å²) in [6.45, 7) is 0. The Morgan fingerprint density at radius 2 is 2.18 bits per heavy atom. The molecule has 0 spiro atoms. The van der Waals surface area contributed by atoms with E-state index in [4.69, 9.17) is 5.11 Å². The number of aliphatic hydroxyl groups excluding tert-OH is 1. The van der Waals surface area contributed by atoms with Crippen molar-refractivity contribution in [3.8, 4) is 0 Å². The number of alkyl halides is 1. The highest BCUT2D eigenvalue weighted by molar-refractivity contribution is 9.09. The van der Waals surface area contributed by atoms with Gasteiger partial charge in [-0.25, -0.2) is 4.79 Å². The molecule has 0 aliphatic carbocycles. The van der Waals surface area contributed by atoms with E-state index in [0.717, 1.165) is 0 Å². The molecule has 118 valence electrons. The molecule has 2 atom stereocenters. The van der Waals surface area contributed by atoms with Crippen molar-refractivity contribution in [1.82, 2.24) is 10.2 Å². The number of fused-ring (bicyclic) bond motifs is 1. The molecule has 11 heteroatoms. The highest BCUT2D eigenvalue weighted by Gasteiger charge is 2.50. The van der Waals surface area contributed by atoms with Crippen molar-refractivity contribution in [2.75, 3.05) is 11.1 Å². The lowest BCUT2D eigenvalue weighted by Crippen LogP contribution is -2.68. The van der Waals surface area contributed by atoms with E-state index >= 15 is 0 Å². The third-order valence-corrected chi connectivity index (χ3v) is 4.90. The van der Waals surface area contributed by atoms with E-state index in [1.165, 1.54) is 22.9 Å². The van der Waals surface area contributed by atoms with E-state index in [1.807, 2.05) is 0 Å². The number of thioether (sulfide) groups is 1. The van der Waals surface area contributed by atoms with Crippen LogP contribution in [0.2, 0.25) is 0 Å². The Balaban J connectivity index is 2.09. The molecule has 2 aliphatic heterocycles. The summed E-state index contributed by atoms with van der Waals surface area (Å²) in [4.78, 5) is 46.4. The van der Waals surface area contributed by atoms with Crippen LogP contribution in [0.3, 0.4) is 0 Å². The van der Waals surface area contributed by atoms with Gasteiger partial charge in [0.2, 0.25) is 5.70 Å². The molecule has 2 heterocycles. The van der Waals surface area contributed by atoms with Crippen molar-refractivity contribution < 1.29 is 24.6 Å². The van der Waals surface area contributed by atoms with Crippen LogP contribution in [0.5, 0.6) is 0 Å². The molecule has 0 aromatic carbocycles. The first-order valence-corrected chi connectivity index (χ1v) is 8.07. The van der Waals surface area contributed by atoms with Crippen LogP contribution >= 0.6 is 27.7 Å². The Hall–Kier alpha value is -1.88. The molecule has 9 nitrogen and oxygen atoms in total. The molecule has 0 saturated carbocycles. The molecular weight excluding hydrogens is 382 g/mol. The van der Waals surface area contributed by atoms with Gasteiger partial charge < -0.3 is 20.4 Å². The highest BCUT2D eigenvalue weighted by Crippen LogP contribution is 2.36. The Morgan fingerprint density at radius 3 is 2.73 bits per heavy atom. The van der Waals surface area contributed by atoms with Crippen LogP contribution in [0, 0.1) is 4.91 Å². The van der Waals surface area contributed by atoms with Crippen LogP contribution in [0.25, 0.3) is 0 Å². The second kappa shape index (κ2) is 6.48. The molecule has 0 bridgehead atoms. The topological polar surface area (TPSA) is 136 Å². The number of halogens is 1. The molecule has 3 N–H and O–H groups in total. The number of aliphatic carboxylic acids is 1. The zero-order chi connectivity index (χ0) is 16.4. The zero-order valence-corrected chi connectivity index (χ0v) is 13.3. The minimum Gasteiger partial charge on any atom is -0.509 e. The second-order valence-electron chi connectivity index (χ2n) is 4.38. The van der Waals surface area contributed by atoms with Gasteiger partial charge in [-0.1, -0.05) is 15.9 Å². The van der Waals surface area contributed by atoms with E-state index in [1.54, 1.807) is 0 Å². The van der Waals surface area contributed by atoms with Gasteiger partial charge in [0.25, 0.3) is 11.8 Å². The molecule has 2 aliphatic rings. The molecule has 2 amide bonds. The van der Waals surface area contributed by atoms with Gasteiger partial charge in [-0.05, 0) is 5.18 Å². The molecule has 1 saturated heterocycles. The van der Waals surface area contributed by atoms with Gasteiger partial charge in [0.15, 0.2) is 0 Å². The lowest BCUT2D eigenvalue weighted by Gasteiger charge is -2.46. The van der Waals surface area contributed by atoms with E-state index in [0.29, 0.717) is 0 Å². The SMILES string of the molecule is O=NC(C(=O)NC1C(=O)N2C=C(C(=O)O)CS[C@H]12)=C(O)CBr. The molecule has 2 rings (SSSR count). The van der Waals surface area contributed by atoms with Gasteiger partial charge in [0, 0.05) is 12.0 Å². The fourth-order valence-electron chi connectivity index (χ4n) is 1.93. The van der Waals surface area contributed by atoms with E-state index in [-0.39, 0.29) is 16.7 Å². The van der Waals surface area contributed by atoms with Gasteiger partial charge in [-0.15, -0.1) is 16.7 Å². The highest BCUT2D eigenvalue weighted by atomic mass is 79.9. The lowest BCUT2D eigenvalue weighted by molar-refractivity contribution is -0.144. The number of carboxylic acids is 1. The van der Waals surface area contributed by atoms with E-state index in [9.17, 15) is 24.4 Å². The minimum atomic E-state index is -1.11. The van der Waals surface area contributed by atoms with Gasteiger partial charge in [-0.2, -0.15) is 0 Å². The summed E-state index contributed by atoms with van der Waals surface area (Å²) in [6, 6.07) is -0.899. The number of carbonyl (C=O) groups excluding carboxylic acids is 2. The molecule has 22 heavy (non-hydrogen) atoms. The number of amides is 2. The number of nitrogens with zero attached hydrogens (tertiary/aromatic N) is 2. The third kappa shape index (κ3) is 2.86. The first-order chi connectivity index (χ1) is 10.4. The van der Waals surface area contributed by atoms with E-state index in [2.05, 4.69) is 26.4 Å². The average molecular weight is 392 g/mol. The molecular formula is C11H10BrN3O6S. The number of hydrogen-bond donors (Lipinski definition) is 3. The summed E-state index contributed by atoms with van der Waals surface area (Å²) in [5.74, 6) is -2.91. The summed E-state index contributed by atoms with van der Waals surface area (Å²) in [5, 5.41) is 22.5. The maximum Gasteiger partial charge on any atom is 0.333 e. The number of allylic oxidation sites excluding steroid dienone is 1. The van der Waals surface area contributed by atoms with Crippen molar-refractivity contribution in [2.24, 2.45) is 5.18 Å². The standard InChI is InChI=1S/C11H10BrN3O6S/c12-1-5(16)6(14-21)8(17)13-7-9(18)15-2-4(11(19)20)3-22-10(7)15/h2,7,10,16H,1,3H2,(H,13,17)(H,19,20)/t7?,10-/m1/s1. The number of β-lactam (4-membered cyclic amide) rings is 1. The predicted octanol–water partition coefficient (Wildman–Crippen LogP) is 0.286. The quantitative estimate of drug-likeness (QED) is 0.201. The normalized spacial score (nSPS) is 24.5. The van der Waals surface area contributed by atoms with Crippen molar-refractivity contribution in [1.29, 1.82) is 0 Å². The minimum absolute atomic E-state index is 0.0893. The number of hydrogen-bond acceptors (Lipinski definition) is 7. The molecule has 0 aromatic rings. The number of rotatable bonds is 5. The first kappa shape index (κ1) is 16.5. The number of nitroso groups, excluding NO2 is 1. The Morgan fingerprint density at radius 1 is 1.50 bits per heavy atom. The number of nitrogens with one attached hydrogen (secondary N) is 1. The average Bonchev–Trinajstić information content (AvgIpc) is 2.51. The monoisotopic (exact) mass is 391 g/mol. The Labute approximate surface area is 136 Å². The Bertz CT molecular complexity index is 619. The van der Waals surface area contributed by atoms with Crippen LogP contribution in [0.15, 0.2) is 28.4 Å². The number of aliphatic hydroxyl groups is 1. The Kier molecular flexibility index (Phi) is 4.86. The van der Waals surface area contributed by atoms with Gasteiger partial charge in [-0.3, -0.25) is 9.59 Å². The maximum absolute atomic E-state index is 11.9. The smallest absolute Gasteiger partial charge is 0.333 e. The van der Waals surface area contributed by atoms with Crippen molar-refractivity contribution >= 4 is 45.5 Å². The van der Waals surface area contributed by atoms with Crippen molar-refractivity contribution in [2.45, 2.75) is 11.4 Å². The summed E-state index contributed by atoms with van der Waals surface area (Å²) < 4.78 is 0. The maximum atomic E-state index is 11.9. The largest absolute Gasteiger partial charge is 0.509 e. The molecule has 1 fully saturated rings. The molecule has 0 radical (unpaired) electrons. The third-order valence-electron chi connectivity index (χ3n) is 3.05. The van der Waals surface area contributed by atoms with Gasteiger partial charge in [0.1, 0.15) is 17.2 Å². The van der Waals surface area contributed by atoms with Crippen LogP contribution in [-0.2, 0) is 14.4 Å². The lowest BCUT2D eigenvalue weighted by atomic mass is 10.1. The van der Waals surface area contributed by atoms with Crippen LogP contribution < -0.4 is 5.32 Å². The molecule has 1 unspecified atom stereocenters. The summed E-state index contributed by atoms with van der Waals surface area (Å²) >= 11 is 4.06. The summed E-state index contributed by atoms with van der Waals surface area (Å²) in [6.07, 6.45) is 1.24. The number of carbonyl (C=O) groups is 3. The predicted molar refractivity (Wildman–Crippen MR) is 80.0 cm³/mol. The van der Waals surface area contributed by atoms with Crippen molar-refractivity contribution in [3.05, 3.63) is 28.1 Å². The summed E-state index contributed by atoms with van der Waals surface area (Å²) in [7, 11) is 0. The van der Waals surface area contributed by atoms with Crippen LogP contribution in [-0.4, -0.2) is 55.4 Å². The fraction of sp³-hybridized carbons (Fsp3) is 0.364. The first-order valence-electron chi connectivity index (χ1n) is 5.90. The van der Waals surface area contributed by atoms with Crippen LogP contribution in [0.1, 0.15) is 0 Å².